The fraction of sp³-hybridized carbons (Fsp3) is 0.500. The number of aromatic hydroxyl groups is 1. The van der Waals surface area contributed by atoms with E-state index in [9.17, 15) is 5.11 Å². The molecule has 14 heavy (non-hydrogen) atoms. The van der Waals surface area contributed by atoms with Crippen LogP contribution in [-0.4, -0.2) is 34.2 Å². The van der Waals surface area contributed by atoms with E-state index in [4.69, 9.17) is 5.11 Å². The molecule has 0 unspecified atom stereocenters. The van der Waals surface area contributed by atoms with Crippen LogP contribution < -0.4 is 0 Å². The van der Waals surface area contributed by atoms with Crippen molar-refractivity contribution in [2.24, 2.45) is 0 Å². The topological polar surface area (TPSA) is 56.6 Å². The number of nitrogens with zero attached hydrogens (tertiary/aromatic N) is 2. The summed E-state index contributed by atoms with van der Waals surface area (Å²) >= 11 is 0. The van der Waals surface area contributed by atoms with Gasteiger partial charge in [-0.05, 0) is 21.0 Å². The highest BCUT2D eigenvalue weighted by Gasteiger charge is 2.11. The van der Waals surface area contributed by atoms with Crippen molar-refractivity contribution in [2.45, 2.75) is 20.1 Å². The number of aliphatic hydroxyl groups is 1. The minimum absolute atomic E-state index is 0.0932. The lowest BCUT2D eigenvalue weighted by atomic mass is 10.1. The van der Waals surface area contributed by atoms with Crippen molar-refractivity contribution in [3.05, 3.63) is 23.0 Å². The molecule has 1 heterocycles. The summed E-state index contributed by atoms with van der Waals surface area (Å²) in [6.45, 7) is 2.25. The molecule has 0 aliphatic rings. The number of aliphatic hydroxyl groups excluding tert-OH is 1. The van der Waals surface area contributed by atoms with Gasteiger partial charge >= 0.3 is 0 Å². The van der Waals surface area contributed by atoms with E-state index in [1.807, 2.05) is 19.0 Å². The predicted molar refractivity (Wildman–Crippen MR) is 54.0 cm³/mol. The summed E-state index contributed by atoms with van der Waals surface area (Å²) in [5.41, 5.74) is 2.03. The third-order valence-electron chi connectivity index (χ3n) is 2.07. The SMILES string of the molecule is Cc1ncc(CO)c(CN(C)C)c1O. The quantitative estimate of drug-likeness (QED) is 0.745. The fourth-order valence-corrected chi connectivity index (χ4v) is 1.31. The zero-order valence-corrected chi connectivity index (χ0v) is 8.78. The molecule has 0 fully saturated rings. The molecule has 2 N–H and O–H groups in total. The van der Waals surface area contributed by atoms with Crippen LogP contribution in [0.3, 0.4) is 0 Å². The maximum atomic E-state index is 9.76. The van der Waals surface area contributed by atoms with Crippen molar-refractivity contribution in [1.29, 1.82) is 0 Å². The Labute approximate surface area is 83.8 Å². The second-order valence-corrected chi connectivity index (χ2v) is 3.59. The number of hydrogen-bond acceptors (Lipinski definition) is 4. The number of rotatable bonds is 3. The molecule has 0 spiro atoms. The minimum Gasteiger partial charge on any atom is -0.506 e. The predicted octanol–water partition coefficient (Wildman–Crippen LogP) is 0.650. The summed E-state index contributed by atoms with van der Waals surface area (Å²) in [5.74, 6) is 0.185. The highest BCUT2D eigenvalue weighted by atomic mass is 16.3. The van der Waals surface area contributed by atoms with E-state index in [2.05, 4.69) is 4.98 Å². The normalized spacial score (nSPS) is 10.9. The lowest BCUT2D eigenvalue weighted by Gasteiger charge is -2.15. The van der Waals surface area contributed by atoms with Gasteiger partial charge in [0.2, 0.25) is 0 Å². The first-order chi connectivity index (χ1) is 6.56. The van der Waals surface area contributed by atoms with Crippen LogP contribution in [0.15, 0.2) is 6.20 Å². The molecule has 0 aromatic carbocycles. The molecule has 0 bridgehead atoms. The lowest BCUT2D eigenvalue weighted by Crippen LogP contribution is -2.13. The summed E-state index contributed by atoms with van der Waals surface area (Å²) < 4.78 is 0. The first kappa shape index (κ1) is 10.9. The van der Waals surface area contributed by atoms with Gasteiger partial charge in [-0.2, -0.15) is 0 Å². The van der Waals surface area contributed by atoms with E-state index < -0.39 is 0 Å². The number of hydrogen-bond donors (Lipinski definition) is 2. The van der Waals surface area contributed by atoms with E-state index in [1.54, 1.807) is 13.1 Å². The number of aromatic nitrogens is 1. The van der Waals surface area contributed by atoms with Gasteiger partial charge in [0.1, 0.15) is 5.75 Å². The Bertz CT molecular complexity index is 324. The smallest absolute Gasteiger partial charge is 0.141 e. The monoisotopic (exact) mass is 196 g/mol. The van der Waals surface area contributed by atoms with Crippen LogP contribution >= 0.6 is 0 Å². The Balaban J connectivity index is 3.14. The molecule has 0 aliphatic heterocycles. The van der Waals surface area contributed by atoms with Gasteiger partial charge in [-0.3, -0.25) is 4.98 Å². The molecule has 1 aromatic rings. The molecule has 0 radical (unpaired) electrons. The average molecular weight is 196 g/mol. The van der Waals surface area contributed by atoms with Crippen molar-refractivity contribution < 1.29 is 10.2 Å². The summed E-state index contributed by atoms with van der Waals surface area (Å²) in [4.78, 5) is 5.93. The van der Waals surface area contributed by atoms with Gasteiger partial charge in [0, 0.05) is 23.9 Å². The van der Waals surface area contributed by atoms with Crippen LogP contribution in [0.5, 0.6) is 5.75 Å². The zero-order chi connectivity index (χ0) is 10.7. The van der Waals surface area contributed by atoms with Gasteiger partial charge in [0.15, 0.2) is 0 Å². The Morgan fingerprint density at radius 1 is 1.43 bits per heavy atom. The molecule has 4 heteroatoms. The Kier molecular flexibility index (Phi) is 3.43. The van der Waals surface area contributed by atoms with Crippen LogP contribution in [0.4, 0.5) is 0 Å². The summed E-state index contributed by atoms with van der Waals surface area (Å²) in [7, 11) is 3.83. The van der Waals surface area contributed by atoms with Gasteiger partial charge in [-0.25, -0.2) is 0 Å². The standard InChI is InChI=1S/C10H16N2O2/c1-7-10(14)9(5-12(2)3)8(6-13)4-11-7/h4,13-14H,5-6H2,1-3H3. The Hall–Kier alpha value is -1.13. The van der Waals surface area contributed by atoms with Crippen molar-refractivity contribution >= 4 is 0 Å². The number of pyridine rings is 1. The van der Waals surface area contributed by atoms with Gasteiger partial charge < -0.3 is 15.1 Å². The first-order valence-electron chi connectivity index (χ1n) is 4.48. The minimum atomic E-state index is -0.0932. The fourth-order valence-electron chi connectivity index (χ4n) is 1.31. The molecule has 4 nitrogen and oxygen atoms in total. The van der Waals surface area contributed by atoms with Crippen LogP contribution in [-0.2, 0) is 13.2 Å². The van der Waals surface area contributed by atoms with Gasteiger partial charge in [-0.15, -0.1) is 0 Å². The zero-order valence-electron chi connectivity index (χ0n) is 8.78. The molecule has 1 aromatic heterocycles. The molecular formula is C10H16N2O2. The largest absolute Gasteiger partial charge is 0.506 e. The lowest BCUT2D eigenvalue weighted by molar-refractivity contribution is 0.275. The second-order valence-electron chi connectivity index (χ2n) is 3.59. The summed E-state index contributed by atoms with van der Waals surface area (Å²) in [5, 5.41) is 18.8. The van der Waals surface area contributed by atoms with Crippen molar-refractivity contribution in [1.82, 2.24) is 9.88 Å². The maximum Gasteiger partial charge on any atom is 0.141 e. The molecule has 0 amide bonds. The van der Waals surface area contributed by atoms with E-state index in [0.717, 1.165) is 5.56 Å². The van der Waals surface area contributed by atoms with Gasteiger partial charge in [0.05, 0.1) is 12.3 Å². The molecule has 78 valence electrons. The Morgan fingerprint density at radius 2 is 2.07 bits per heavy atom. The van der Waals surface area contributed by atoms with Crippen LogP contribution in [0.25, 0.3) is 0 Å². The molecule has 0 aliphatic carbocycles. The van der Waals surface area contributed by atoms with Crippen molar-refractivity contribution in [3.63, 3.8) is 0 Å². The van der Waals surface area contributed by atoms with E-state index in [-0.39, 0.29) is 12.4 Å². The third kappa shape index (κ3) is 2.21. The van der Waals surface area contributed by atoms with E-state index in [1.165, 1.54) is 0 Å². The Morgan fingerprint density at radius 3 is 2.57 bits per heavy atom. The molecule has 0 atom stereocenters. The molecular weight excluding hydrogens is 180 g/mol. The van der Waals surface area contributed by atoms with E-state index >= 15 is 0 Å². The molecule has 0 saturated carbocycles. The van der Waals surface area contributed by atoms with E-state index in [0.29, 0.717) is 17.8 Å². The van der Waals surface area contributed by atoms with Crippen molar-refractivity contribution in [2.75, 3.05) is 14.1 Å². The van der Waals surface area contributed by atoms with Gasteiger partial charge in [-0.1, -0.05) is 0 Å². The highest BCUT2D eigenvalue weighted by Crippen LogP contribution is 2.24. The summed E-state index contributed by atoms with van der Waals surface area (Å²) in [6, 6.07) is 0. The maximum absolute atomic E-state index is 9.76. The summed E-state index contributed by atoms with van der Waals surface area (Å²) in [6.07, 6.45) is 1.61. The second kappa shape index (κ2) is 4.39. The average Bonchev–Trinajstić information content (AvgIpc) is 2.13. The van der Waals surface area contributed by atoms with Crippen LogP contribution in [0.1, 0.15) is 16.8 Å². The first-order valence-corrected chi connectivity index (χ1v) is 4.48. The molecule has 1 rings (SSSR count). The highest BCUT2D eigenvalue weighted by molar-refractivity contribution is 5.40. The molecule has 0 saturated heterocycles. The third-order valence-corrected chi connectivity index (χ3v) is 2.07. The van der Waals surface area contributed by atoms with Crippen LogP contribution in [0, 0.1) is 6.92 Å². The van der Waals surface area contributed by atoms with Crippen LogP contribution in [0.2, 0.25) is 0 Å². The van der Waals surface area contributed by atoms with Crippen molar-refractivity contribution in [3.8, 4) is 5.75 Å². The van der Waals surface area contributed by atoms with Gasteiger partial charge in [0.25, 0.3) is 0 Å². The number of aryl methyl sites for hydroxylation is 1.